The van der Waals surface area contributed by atoms with Gasteiger partial charge in [0, 0.05) is 13.2 Å². The van der Waals surface area contributed by atoms with Crippen molar-refractivity contribution >= 4 is 5.82 Å². The standard InChI is InChI=1S/C19H31N3O2/c1-19(10-4-5-11-19)14-6-8-15(9-7-14)22-18-17(24-3)16(12-23-2)20-13-21-18/h13-15H,4-12H2,1-3H3,(H,20,21,22). The van der Waals surface area contributed by atoms with Crippen LogP contribution in [-0.2, 0) is 11.3 Å². The summed E-state index contributed by atoms with van der Waals surface area (Å²) in [6, 6.07) is 0.477. The van der Waals surface area contributed by atoms with E-state index in [2.05, 4.69) is 22.2 Å². The molecule has 1 N–H and O–H groups in total. The molecule has 0 amide bonds. The van der Waals surface area contributed by atoms with Gasteiger partial charge in [-0.05, 0) is 49.9 Å². The quantitative estimate of drug-likeness (QED) is 0.846. The van der Waals surface area contributed by atoms with E-state index in [-0.39, 0.29) is 0 Å². The molecule has 0 radical (unpaired) electrons. The molecule has 0 spiro atoms. The SMILES string of the molecule is COCc1ncnc(NC2CCC(C3(C)CCCC3)CC2)c1OC. The Balaban J connectivity index is 1.61. The number of nitrogens with zero attached hydrogens (tertiary/aromatic N) is 2. The fraction of sp³-hybridized carbons (Fsp3) is 0.789. The zero-order chi connectivity index (χ0) is 17.0. The molecule has 2 fully saturated rings. The summed E-state index contributed by atoms with van der Waals surface area (Å²) >= 11 is 0. The van der Waals surface area contributed by atoms with Crippen molar-refractivity contribution in [3.63, 3.8) is 0 Å². The van der Waals surface area contributed by atoms with Gasteiger partial charge in [0.05, 0.1) is 13.7 Å². The molecule has 3 rings (SSSR count). The molecule has 0 atom stereocenters. The monoisotopic (exact) mass is 333 g/mol. The molecule has 24 heavy (non-hydrogen) atoms. The van der Waals surface area contributed by atoms with Gasteiger partial charge >= 0.3 is 0 Å². The minimum atomic E-state index is 0.436. The average Bonchev–Trinajstić information content (AvgIpc) is 3.04. The highest BCUT2D eigenvalue weighted by Gasteiger charge is 2.38. The second kappa shape index (κ2) is 7.68. The van der Waals surface area contributed by atoms with Crippen LogP contribution < -0.4 is 10.1 Å². The zero-order valence-electron chi connectivity index (χ0n) is 15.3. The summed E-state index contributed by atoms with van der Waals surface area (Å²) < 4.78 is 10.7. The van der Waals surface area contributed by atoms with Crippen LogP contribution in [0.1, 0.15) is 64.0 Å². The van der Waals surface area contributed by atoms with Crippen molar-refractivity contribution in [1.29, 1.82) is 0 Å². The van der Waals surface area contributed by atoms with E-state index < -0.39 is 0 Å². The van der Waals surface area contributed by atoms with Crippen LogP contribution in [0.3, 0.4) is 0 Å². The summed E-state index contributed by atoms with van der Waals surface area (Å²) in [5, 5.41) is 3.59. The van der Waals surface area contributed by atoms with Gasteiger partial charge in [-0.15, -0.1) is 0 Å². The number of aromatic nitrogens is 2. The van der Waals surface area contributed by atoms with Gasteiger partial charge < -0.3 is 14.8 Å². The summed E-state index contributed by atoms with van der Waals surface area (Å²) in [5.74, 6) is 2.41. The number of hydrogen-bond acceptors (Lipinski definition) is 5. The molecule has 1 aromatic rings. The smallest absolute Gasteiger partial charge is 0.185 e. The second-order valence-corrected chi connectivity index (χ2v) is 7.69. The summed E-state index contributed by atoms with van der Waals surface area (Å²) in [4.78, 5) is 8.66. The molecule has 0 bridgehead atoms. The summed E-state index contributed by atoms with van der Waals surface area (Å²) in [7, 11) is 3.33. The number of ether oxygens (including phenoxy) is 2. The molecule has 134 valence electrons. The normalized spacial score (nSPS) is 26.3. The maximum Gasteiger partial charge on any atom is 0.185 e. The van der Waals surface area contributed by atoms with E-state index in [1.807, 2.05) is 0 Å². The van der Waals surface area contributed by atoms with Gasteiger partial charge in [-0.25, -0.2) is 9.97 Å². The molecule has 1 heterocycles. The topological polar surface area (TPSA) is 56.3 Å². The number of hydrogen-bond donors (Lipinski definition) is 1. The van der Waals surface area contributed by atoms with Crippen molar-refractivity contribution in [1.82, 2.24) is 9.97 Å². The van der Waals surface area contributed by atoms with Gasteiger partial charge in [0.2, 0.25) is 0 Å². The van der Waals surface area contributed by atoms with E-state index in [1.54, 1.807) is 20.5 Å². The lowest BCUT2D eigenvalue weighted by Gasteiger charge is -2.39. The first kappa shape index (κ1) is 17.5. The van der Waals surface area contributed by atoms with Crippen LogP contribution in [0.4, 0.5) is 5.82 Å². The number of methoxy groups -OCH3 is 2. The van der Waals surface area contributed by atoms with Crippen LogP contribution in [0, 0.1) is 11.3 Å². The van der Waals surface area contributed by atoms with Gasteiger partial charge in [-0.1, -0.05) is 19.8 Å². The highest BCUT2D eigenvalue weighted by molar-refractivity contribution is 5.52. The van der Waals surface area contributed by atoms with Crippen LogP contribution >= 0.6 is 0 Å². The Morgan fingerprint density at radius 2 is 1.83 bits per heavy atom. The van der Waals surface area contributed by atoms with E-state index in [4.69, 9.17) is 9.47 Å². The first-order valence-corrected chi connectivity index (χ1v) is 9.29. The number of nitrogens with one attached hydrogen (secondary N) is 1. The lowest BCUT2D eigenvalue weighted by molar-refractivity contribution is 0.139. The molecule has 0 saturated heterocycles. The lowest BCUT2D eigenvalue weighted by Crippen LogP contribution is -2.33. The van der Waals surface area contributed by atoms with Crippen LogP contribution in [0.25, 0.3) is 0 Å². The second-order valence-electron chi connectivity index (χ2n) is 7.69. The Bertz CT molecular complexity index is 535. The fourth-order valence-electron chi connectivity index (χ4n) is 4.69. The molecule has 5 nitrogen and oxygen atoms in total. The van der Waals surface area contributed by atoms with E-state index in [0.717, 1.165) is 17.4 Å². The van der Waals surface area contributed by atoms with Gasteiger partial charge in [0.25, 0.3) is 0 Å². The first-order valence-electron chi connectivity index (χ1n) is 9.29. The number of rotatable bonds is 6. The maximum absolute atomic E-state index is 5.52. The molecule has 0 aliphatic heterocycles. The molecule has 0 aromatic carbocycles. The Morgan fingerprint density at radius 3 is 2.46 bits per heavy atom. The third-order valence-corrected chi connectivity index (χ3v) is 6.16. The Kier molecular flexibility index (Phi) is 5.59. The summed E-state index contributed by atoms with van der Waals surface area (Å²) in [6.45, 7) is 2.95. The lowest BCUT2D eigenvalue weighted by atomic mass is 9.68. The van der Waals surface area contributed by atoms with Crippen molar-refractivity contribution < 1.29 is 9.47 Å². The van der Waals surface area contributed by atoms with Gasteiger partial charge in [0.1, 0.15) is 12.0 Å². The van der Waals surface area contributed by atoms with Gasteiger partial charge in [0.15, 0.2) is 11.6 Å². The first-order chi connectivity index (χ1) is 11.7. The predicted octanol–water partition coefficient (Wildman–Crippen LogP) is 4.18. The fourth-order valence-corrected chi connectivity index (χ4v) is 4.69. The Morgan fingerprint density at radius 1 is 1.12 bits per heavy atom. The highest BCUT2D eigenvalue weighted by atomic mass is 16.5. The summed E-state index contributed by atoms with van der Waals surface area (Å²) in [5.41, 5.74) is 1.40. The molecule has 2 aliphatic rings. The highest BCUT2D eigenvalue weighted by Crippen LogP contribution is 2.49. The van der Waals surface area contributed by atoms with Crippen LogP contribution in [0.5, 0.6) is 5.75 Å². The third-order valence-electron chi connectivity index (χ3n) is 6.16. The molecule has 5 heteroatoms. The average molecular weight is 333 g/mol. The van der Waals surface area contributed by atoms with Crippen LogP contribution in [0.15, 0.2) is 6.33 Å². The summed E-state index contributed by atoms with van der Waals surface area (Å²) in [6.07, 6.45) is 12.4. The van der Waals surface area contributed by atoms with E-state index in [1.165, 1.54) is 51.4 Å². The van der Waals surface area contributed by atoms with Crippen molar-refractivity contribution in [2.45, 2.75) is 70.9 Å². The van der Waals surface area contributed by atoms with Gasteiger partial charge in [-0.2, -0.15) is 0 Å². The van der Waals surface area contributed by atoms with Crippen molar-refractivity contribution in [3.05, 3.63) is 12.0 Å². The number of anilines is 1. The molecular weight excluding hydrogens is 302 g/mol. The van der Waals surface area contributed by atoms with Crippen molar-refractivity contribution in [2.75, 3.05) is 19.5 Å². The molecule has 2 saturated carbocycles. The molecule has 0 unspecified atom stereocenters. The maximum atomic E-state index is 5.52. The zero-order valence-corrected chi connectivity index (χ0v) is 15.3. The van der Waals surface area contributed by atoms with Crippen molar-refractivity contribution in [3.8, 4) is 5.75 Å². The van der Waals surface area contributed by atoms with E-state index >= 15 is 0 Å². The Hall–Kier alpha value is -1.36. The minimum Gasteiger partial charge on any atom is -0.491 e. The van der Waals surface area contributed by atoms with Crippen LogP contribution in [-0.4, -0.2) is 30.2 Å². The van der Waals surface area contributed by atoms with Gasteiger partial charge in [-0.3, -0.25) is 0 Å². The van der Waals surface area contributed by atoms with Crippen LogP contribution in [0.2, 0.25) is 0 Å². The largest absolute Gasteiger partial charge is 0.491 e. The molecule has 1 aromatic heterocycles. The third kappa shape index (κ3) is 3.66. The predicted molar refractivity (Wildman–Crippen MR) is 95.2 cm³/mol. The van der Waals surface area contributed by atoms with E-state index in [0.29, 0.717) is 23.8 Å². The minimum absolute atomic E-state index is 0.436. The Labute approximate surface area is 145 Å². The van der Waals surface area contributed by atoms with Crippen molar-refractivity contribution in [2.24, 2.45) is 11.3 Å². The molecular formula is C19H31N3O2. The molecule has 2 aliphatic carbocycles. The van der Waals surface area contributed by atoms with E-state index in [9.17, 15) is 0 Å².